The van der Waals surface area contributed by atoms with E-state index in [4.69, 9.17) is 4.74 Å². The fraction of sp³-hybridized carbons (Fsp3) is 0.632. The van der Waals surface area contributed by atoms with Crippen LogP contribution in [0.2, 0.25) is 0 Å². The van der Waals surface area contributed by atoms with Gasteiger partial charge < -0.3 is 9.84 Å². The van der Waals surface area contributed by atoms with Crippen LogP contribution in [0.1, 0.15) is 50.8 Å². The molecule has 1 N–H and O–H groups in total. The number of fused-ring (bicyclic) bond motifs is 3. The van der Waals surface area contributed by atoms with Crippen molar-refractivity contribution < 1.29 is 14.6 Å². The Morgan fingerprint density at radius 1 is 1.39 bits per heavy atom. The van der Waals surface area contributed by atoms with Crippen LogP contribution < -0.4 is 4.74 Å². The van der Waals surface area contributed by atoms with Gasteiger partial charge in [-0.05, 0) is 48.9 Å². The van der Waals surface area contributed by atoms with Gasteiger partial charge >= 0.3 is 0 Å². The van der Waals surface area contributed by atoms with Crippen LogP contribution >= 0.6 is 0 Å². The lowest BCUT2D eigenvalue weighted by Gasteiger charge is -2.43. The Bertz CT molecular complexity index is 597. The van der Waals surface area contributed by atoms with E-state index < -0.39 is 0 Å². The molecule has 0 spiro atoms. The molecule has 0 amide bonds. The molecule has 2 heterocycles. The Hall–Kier alpha value is -1.55. The van der Waals surface area contributed by atoms with Crippen LogP contribution in [0.5, 0.6) is 11.5 Å². The highest BCUT2D eigenvalue weighted by molar-refractivity contribution is 5.83. The molecule has 1 fully saturated rings. The number of phenolic OH excluding ortho intramolecular Hbond substituents is 1. The lowest BCUT2D eigenvalue weighted by molar-refractivity contribution is -0.129. The number of carbonyl (C=O) groups is 1. The molecule has 0 aliphatic carbocycles. The minimum Gasteiger partial charge on any atom is -0.504 e. The van der Waals surface area contributed by atoms with Gasteiger partial charge in [-0.25, -0.2) is 0 Å². The molecule has 2 unspecified atom stereocenters. The van der Waals surface area contributed by atoms with Crippen molar-refractivity contribution in [2.24, 2.45) is 11.8 Å². The number of phenols is 1. The Morgan fingerprint density at radius 3 is 2.87 bits per heavy atom. The average molecular weight is 317 g/mol. The maximum absolute atomic E-state index is 12.5. The number of nitrogens with zero attached hydrogens (tertiary/aromatic N) is 1. The molecule has 126 valence electrons. The highest BCUT2D eigenvalue weighted by Gasteiger charge is 2.38. The van der Waals surface area contributed by atoms with Crippen LogP contribution in [0.4, 0.5) is 0 Å². The topological polar surface area (TPSA) is 49.8 Å². The largest absolute Gasteiger partial charge is 0.504 e. The lowest BCUT2D eigenvalue weighted by atomic mass is 9.80. The molecule has 2 atom stereocenters. The normalized spacial score (nSPS) is 24.4. The van der Waals surface area contributed by atoms with E-state index in [2.05, 4.69) is 18.7 Å². The van der Waals surface area contributed by atoms with Gasteiger partial charge in [-0.3, -0.25) is 9.69 Å². The van der Waals surface area contributed by atoms with Gasteiger partial charge in [0.1, 0.15) is 5.78 Å². The molecule has 4 nitrogen and oxygen atoms in total. The summed E-state index contributed by atoms with van der Waals surface area (Å²) in [7, 11) is 0. The van der Waals surface area contributed by atoms with Gasteiger partial charge in [0.05, 0.1) is 6.61 Å². The summed E-state index contributed by atoms with van der Waals surface area (Å²) in [4.78, 5) is 15.0. The van der Waals surface area contributed by atoms with E-state index in [1.54, 1.807) is 0 Å². The van der Waals surface area contributed by atoms with E-state index in [1.807, 2.05) is 19.1 Å². The summed E-state index contributed by atoms with van der Waals surface area (Å²) in [6, 6.07) is 3.89. The predicted octanol–water partition coefficient (Wildman–Crippen LogP) is 3.33. The molecule has 1 saturated heterocycles. The number of carbonyl (C=O) groups excluding carboxylic acids is 1. The van der Waals surface area contributed by atoms with Gasteiger partial charge in [-0.1, -0.05) is 13.8 Å². The van der Waals surface area contributed by atoms with Gasteiger partial charge in [0.15, 0.2) is 11.5 Å². The fourth-order valence-corrected chi connectivity index (χ4v) is 4.02. The molecule has 23 heavy (non-hydrogen) atoms. The van der Waals surface area contributed by atoms with E-state index in [0.29, 0.717) is 30.5 Å². The van der Waals surface area contributed by atoms with E-state index >= 15 is 0 Å². The summed E-state index contributed by atoms with van der Waals surface area (Å²) in [6.45, 7) is 8.65. The van der Waals surface area contributed by atoms with Gasteiger partial charge in [0, 0.05) is 31.5 Å². The van der Waals surface area contributed by atoms with Crippen molar-refractivity contribution >= 4 is 5.78 Å². The van der Waals surface area contributed by atoms with Crippen molar-refractivity contribution in [2.75, 3.05) is 19.7 Å². The summed E-state index contributed by atoms with van der Waals surface area (Å²) < 4.78 is 5.49. The zero-order chi connectivity index (χ0) is 16.6. The molecule has 0 radical (unpaired) electrons. The number of Topliss-reactive ketones (excluding diaryl/α,β-unsaturated/α-hetero) is 1. The molecule has 0 aromatic heterocycles. The molecule has 1 aromatic rings. The van der Waals surface area contributed by atoms with Crippen molar-refractivity contribution in [1.29, 1.82) is 0 Å². The molecule has 4 heteroatoms. The zero-order valence-corrected chi connectivity index (χ0v) is 14.3. The van der Waals surface area contributed by atoms with Crippen LogP contribution in [0.15, 0.2) is 12.1 Å². The number of hydrogen-bond acceptors (Lipinski definition) is 4. The number of rotatable bonds is 4. The zero-order valence-electron chi connectivity index (χ0n) is 14.3. The van der Waals surface area contributed by atoms with E-state index in [9.17, 15) is 9.90 Å². The summed E-state index contributed by atoms with van der Waals surface area (Å²) in [6.07, 6.45) is 2.50. The van der Waals surface area contributed by atoms with Crippen molar-refractivity contribution in [3.05, 3.63) is 23.3 Å². The number of aromatic hydroxyl groups is 1. The minimum atomic E-state index is 0.122. The standard InChI is InChI=1S/C19H27NO3/c1-4-23-19-8-13-5-6-20-11-14(7-12(2)3)17(21)10-16(20)15(13)9-18(19)22/h8-9,12,14,16,22H,4-7,10-11H2,1-3H3. The van der Waals surface area contributed by atoms with E-state index in [0.717, 1.165) is 31.5 Å². The third-order valence-electron chi connectivity index (χ3n) is 5.05. The number of ketones is 1. The first-order valence-corrected chi connectivity index (χ1v) is 8.75. The minimum absolute atomic E-state index is 0.122. The maximum Gasteiger partial charge on any atom is 0.161 e. The van der Waals surface area contributed by atoms with Gasteiger partial charge in [0.25, 0.3) is 0 Å². The Balaban J connectivity index is 1.85. The number of ether oxygens (including phenoxy) is 1. The van der Waals surface area contributed by atoms with Crippen LogP contribution in [0, 0.1) is 11.8 Å². The summed E-state index contributed by atoms with van der Waals surface area (Å²) in [5.74, 6) is 1.84. The second-order valence-corrected chi connectivity index (χ2v) is 7.21. The summed E-state index contributed by atoms with van der Waals surface area (Å²) >= 11 is 0. The lowest BCUT2D eigenvalue weighted by Crippen LogP contribution is -2.46. The van der Waals surface area contributed by atoms with E-state index in [1.165, 1.54) is 5.56 Å². The van der Waals surface area contributed by atoms with E-state index in [-0.39, 0.29) is 17.7 Å². The second kappa shape index (κ2) is 6.52. The molecule has 0 saturated carbocycles. The van der Waals surface area contributed by atoms with Crippen molar-refractivity contribution in [3.8, 4) is 11.5 Å². The maximum atomic E-state index is 12.5. The second-order valence-electron chi connectivity index (χ2n) is 7.21. The van der Waals surface area contributed by atoms with Crippen LogP contribution in [0.3, 0.4) is 0 Å². The first-order chi connectivity index (χ1) is 11.0. The Morgan fingerprint density at radius 2 is 2.17 bits per heavy atom. The molecule has 2 aliphatic rings. The molecule has 2 aliphatic heterocycles. The molecular formula is C19H27NO3. The third kappa shape index (κ3) is 3.23. The van der Waals surface area contributed by atoms with Crippen LogP contribution in [-0.2, 0) is 11.2 Å². The molecule has 0 bridgehead atoms. The first kappa shape index (κ1) is 16.3. The van der Waals surface area contributed by atoms with Gasteiger partial charge in [-0.2, -0.15) is 0 Å². The van der Waals surface area contributed by atoms with Crippen molar-refractivity contribution in [2.45, 2.75) is 46.1 Å². The number of piperidine rings is 1. The first-order valence-electron chi connectivity index (χ1n) is 8.75. The van der Waals surface area contributed by atoms with Gasteiger partial charge in [0.2, 0.25) is 0 Å². The van der Waals surface area contributed by atoms with Crippen LogP contribution in [-0.4, -0.2) is 35.5 Å². The summed E-state index contributed by atoms with van der Waals surface area (Å²) in [5.41, 5.74) is 2.32. The average Bonchev–Trinajstić information content (AvgIpc) is 2.49. The molecule has 1 aromatic carbocycles. The quantitative estimate of drug-likeness (QED) is 0.925. The monoisotopic (exact) mass is 317 g/mol. The van der Waals surface area contributed by atoms with Crippen molar-refractivity contribution in [1.82, 2.24) is 4.90 Å². The SMILES string of the molecule is CCOc1cc2c(cc1O)C1CC(=O)C(CC(C)C)CN1CC2. The summed E-state index contributed by atoms with van der Waals surface area (Å²) in [5, 5.41) is 10.2. The van der Waals surface area contributed by atoms with Gasteiger partial charge in [-0.15, -0.1) is 0 Å². The predicted molar refractivity (Wildman–Crippen MR) is 89.9 cm³/mol. The Kier molecular flexibility index (Phi) is 4.62. The van der Waals surface area contributed by atoms with Crippen LogP contribution in [0.25, 0.3) is 0 Å². The van der Waals surface area contributed by atoms with Crippen molar-refractivity contribution in [3.63, 3.8) is 0 Å². The molecular weight excluding hydrogens is 290 g/mol. The highest BCUT2D eigenvalue weighted by atomic mass is 16.5. The highest BCUT2D eigenvalue weighted by Crippen LogP contribution is 2.42. The third-order valence-corrected chi connectivity index (χ3v) is 5.05. The fourth-order valence-electron chi connectivity index (χ4n) is 4.02. The molecule has 3 rings (SSSR count). The Labute approximate surface area is 138 Å². The number of benzene rings is 1. The smallest absolute Gasteiger partial charge is 0.161 e. The number of hydrogen-bond donors (Lipinski definition) is 1.